The fourth-order valence-electron chi connectivity index (χ4n) is 2.34. The number of nitrogens with zero attached hydrogens (tertiary/aromatic N) is 1. The average Bonchev–Trinajstić information content (AvgIpc) is 2.67. The van der Waals surface area contributed by atoms with Crippen molar-refractivity contribution in [1.82, 2.24) is 4.98 Å². The standard InChI is InChI=1S/C14H23NO2S/c1-10-11(2)18-14(15-10)9-12(16)6-7-13-5-3-4-8-17-13/h12-13,16H,3-9H2,1-2H3. The number of ether oxygens (including phenoxy) is 1. The maximum atomic E-state index is 10.0. The van der Waals surface area contributed by atoms with Gasteiger partial charge in [0.05, 0.1) is 22.9 Å². The average molecular weight is 269 g/mol. The Kier molecular flexibility index (Phi) is 5.15. The van der Waals surface area contributed by atoms with Crippen molar-refractivity contribution in [3.05, 3.63) is 15.6 Å². The zero-order valence-corrected chi connectivity index (χ0v) is 12.1. The second kappa shape index (κ2) is 6.64. The minimum atomic E-state index is -0.277. The Balaban J connectivity index is 1.72. The highest BCUT2D eigenvalue weighted by atomic mass is 32.1. The molecule has 18 heavy (non-hydrogen) atoms. The number of thiazole rings is 1. The summed E-state index contributed by atoms with van der Waals surface area (Å²) in [6.07, 6.45) is 6.19. The molecule has 1 aliphatic heterocycles. The van der Waals surface area contributed by atoms with E-state index in [-0.39, 0.29) is 6.10 Å². The van der Waals surface area contributed by atoms with E-state index < -0.39 is 0 Å². The monoisotopic (exact) mass is 269 g/mol. The lowest BCUT2D eigenvalue weighted by molar-refractivity contribution is 0.00234. The summed E-state index contributed by atoms with van der Waals surface area (Å²) in [7, 11) is 0. The predicted octanol–water partition coefficient (Wildman–Crippen LogP) is 3.01. The molecule has 1 aromatic rings. The summed E-state index contributed by atoms with van der Waals surface area (Å²) in [4.78, 5) is 5.73. The summed E-state index contributed by atoms with van der Waals surface area (Å²) in [5, 5.41) is 11.1. The molecule has 1 N–H and O–H groups in total. The van der Waals surface area contributed by atoms with Gasteiger partial charge in [-0.25, -0.2) is 4.98 Å². The minimum absolute atomic E-state index is 0.277. The first-order chi connectivity index (χ1) is 8.65. The number of aryl methyl sites for hydroxylation is 2. The Bertz CT molecular complexity index is 352. The zero-order chi connectivity index (χ0) is 13.0. The fraction of sp³-hybridized carbons (Fsp3) is 0.786. The van der Waals surface area contributed by atoms with E-state index in [2.05, 4.69) is 11.9 Å². The number of rotatable bonds is 5. The molecule has 0 spiro atoms. The van der Waals surface area contributed by atoms with Crippen LogP contribution >= 0.6 is 11.3 Å². The summed E-state index contributed by atoms with van der Waals surface area (Å²) in [6, 6.07) is 0. The molecule has 1 aliphatic rings. The van der Waals surface area contributed by atoms with E-state index >= 15 is 0 Å². The molecular weight excluding hydrogens is 246 g/mol. The third-order valence-electron chi connectivity index (χ3n) is 3.58. The lowest BCUT2D eigenvalue weighted by Crippen LogP contribution is -2.21. The highest BCUT2D eigenvalue weighted by molar-refractivity contribution is 7.11. The first-order valence-electron chi connectivity index (χ1n) is 6.87. The van der Waals surface area contributed by atoms with Crippen LogP contribution < -0.4 is 0 Å². The maximum Gasteiger partial charge on any atom is 0.0956 e. The van der Waals surface area contributed by atoms with Gasteiger partial charge in [-0.3, -0.25) is 0 Å². The van der Waals surface area contributed by atoms with E-state index in [0.717, 1.165) is 36.6 Å². The van der Waals surface area contributed by atoms with Crippen LogP contribution in [-0.4, -0.2) is 28.9 Å². The van der Waals surface area contributed by atoms with E-state index in [1.165, 1.54) is 17.7 Å². The number of aromatic nitrogens is 1. The van der Waals surface area contributed by atoms with Crippen LogP contribution in [-0.2, 0) is 11.2 Å². The van der Waals surface area contributed by atoms with Gasteiger partial charge in [-0.1, -0.05) is 0 Å². The highest BCUT2D eigenvalue weighted by Crippen LogP contribution is 2.21. The highest BCUT2D eigenvalue weighted by Gasteiger charge is 2.16. The Morgan fingerprint density at radius 3 is 2.89 bits per heavy atom. The summed E-state index contributed by atoms with van der Waals surface area (Å²) >= 11 is 1.70. The van der Waals surface area contributed by atoms with Gasteiger partial charge >= 0.3 is 0 Å². The molecule has 2 atom stereocenters. The van der Waals surface area contributed by atoms with E-state index in [0.29, 0.717) is 12.5 Å². The molecule has 0 bridgehead atoms. The minimum Gasteiger partial charge on any atom is -0.393 e. The molecule has 1 fully saturated rings. The first kappa shape index (κ1) is 14.0. The molecule has 3 nitrogen and oxygen atoms in total. The van der Waals surface area contributed by atoms with Crippen molar-refractivity contribution in [2.45, 2.75) is 64.6 Å². The van der Waals surface area contributed by atoms with E-state index in [1.807, 2.05) is 6.92 Å². The summed E-state index contributed by atoms with van der Waals surface area (Å²) in [5.41, 5.74) is 1.10. The Hall–Kier alpha value is -0.450. The SMILES string of the molecule is Cc1nc(CC(O)CCC2CCCCO2)sc1C. The number of aliphatic hydroxyl groups excluding tert-OH is 1. The third kappa shape index (κ3) is 4.04. The van der Waals surface area contributed by atoms with Crippen LogP contribution in [0.5, 0.6) is 0 Å². The van der Waals surface area contributed by atoms with Crippen LogP contribution in [0.4, 0.5) is 0 Å². The molecule has 0 radical (unpaired) electrons. The molecule has 2 rings (SSSR count). The van der Waals surface area contributed by atoms with Crippen molar-refractivity contribution in [1.29, 1.82) is 0 Å². The molecule has 2 unspecified atom stereocenters. The summed E-state index contributed by atoms with van der Waals surface area (Å²) in [6.45, 7) is 5.00. The van der Waals surface area contributed by atoms with Crippen LogP contribution in [0.2, 0.25) is 0 Å². The van der Waals surface area contributed by atoms with Crippen LogP contribution in [0, 0.1) is 13.8 Å². The van der Waals surface area contributed by atoms with Gasteiger partial charge in [0, 0.05) is 17.9 Å². The molecule has 0 aliphatic carbocycles. The third-order valence-corrected chi connectivity index (χ3v) is 4.67. The van der Waals surface area contributed by atoms with Crippen molar-refractivity contribution in [2.75, 3.05) is 6.61 Å². The molecule has 2 heterocycles. The Morgan fingerprint density at radius 2 is 2.28 bits per heavy atom. The molecule has 1 aromatic heterocycles. The number of hydrogen-bond donors (Lipinski definition) is 1. The molecule has 0 amide bonds. The lowest BCUT2D eigenvalue weighted by Gasteiger charge is -2.23. The van der Waals surface area contributed by atoms with Gasteiger partial charge < -0.3 is 9.84 Å². The van der Waals surface area contributed by atoms with Gasteiger partial charge in [0.15, 0.2) is 0 Å². The lowest BCUT2D eigenvalue weighted by atomic mass is 10.0. The number of aliphatic hydroxyl groups is 1. The predicted molar refractivity (Wildman–Crippen MR) is 74.1 cm³/mol. The van der Waals surface area contributed by atoms with Gasteiger partial charge in [0.2, 0.25) is 0 Å². The second-order valence-corrected chi connectivity index (χ2v) is 6.46. The van der Waals surface area contributed by atoms with Gasteiger partial charge in [0.1, 0.15) is 0 Å². The number of hydrogen-bond acceptors (Lipinski definition) is 4. The molecule has 102 valence electrons. The maximum absolute atomic E-state index is 10.0. The van der Waals surface area contributed by atoms with Crippen LogP contribution in [0.3, 0.4) is 0 Å². The van der Waals surface area contributed by atoms with E-state index in [4.69, 9.17) is 4.74 Å². The summed E-state index contributed by atoms with van der Waals surface area (Å²) in [5.74, 6) is 0. The molecule has 0 saturated carbocycles. The second-order valence-electron chi connectivity index (χ2n) is 5.17. The zero-order valence-electron chi connectivity index (χ0n) is 11.3. The van der Waals surface area contributed by atoms with Crippen LogP contribution in [0.15, 0.2) is 0 Å². The van der Waals surface area contributed by atoms with Gasteiger partial charge in [0.25, 0.3) is 0 Å². The van der Waals surface area contributed by atoms with Crippen molar-refractivity contribution in [3.63, 3.8) is 0 Å². The fourth-order valence-corrected chi connectivity index (χ4v) is 3.35. The quantitative estimate of drug-likeness (QED) is 0.893. The molecule has 0 aromatic carbocycles. The van der Waals surface area contributed by atoms with Crippen molar-refractivity contribution < 1.29 is 9.84 Å². The van der Waals surface area contributed by atoms with Gasteiger partial charge in [-0.15, -0.1) is 11.3 Å². The molecular formula is C14H23NO2S. The van der Waals surface area contributed by atoms with Gasteiger partial charge in [-0.05, 0) is 46.0 Å². The van der Waals surface area contributed by atoms with Crippen molar-refractivity contribution in [2.24, 2.45) is 0 Å². The van der Waals surface area contributed by atoms with Crippen molar-refractivity contribution in [3.8, 4) is 0 Å². The normalized spacial score (nSPS) is 22.1. The Morgan fingerprint density at radius 1 is 1.44 bits per heavy atom. The topological polar surface area (TPSA) is 42.4 Å². The van der Waals surface area contributed by atoms with Crippen molar-refractivity contribution >= 4 is 11.3 Å². The Labute approximate surface area is 113 Å². The smallest absolute Gasteiger partial charge is 0.0956 e. The first-order valence-corrected chi connectivity index (χ1v) is 7.69. The van der Waals surface area contributed by atoms with Crippen LogP contribution in [0.25, 0.3) is 0 Å². The summed E-state index contributed by atoms with van der Waals surface area (Å²) < 4.78 is 5.68. The molecule has 1 saturated heterocycles. The van der Waals surface area contributed by atoms with E-state index in [9.17, 15) is 5.11 Å². The largest absolute Gasteiger partial charge is 0.393 e. The van der Waals surface area contributed by atoms with E-state index in [1.54, 1.807) is 11.3 Å². The molecule has 4 heteroatoms. The van der Waals surface area contributed by atoms with Gasteiger partial charge in [-0.2, -0.15) is 0 Å². The van der Waals surface area contributed by atoms with Crippen LogP contribution in [0.1, 0.15) is 47.7 Å².